The maximum absolute atomic E-state index is 12.5. The molecule has 2 aromatic carbocycles. The van der Waals surface area contributed by atoms with Crippen molar-refractivity contribution in [2.45, 2.75) is 17.7 Å². The lowest BCUT2D eigenvalue weighted by Crippen LogP contribution is -2.28. The topological polar surface area (TPSA) is 52.7 Å². The highest BCUT2D eigenvalue weighted by Crippen LogP contribution is 2.42. The lowest BCUT2D eigenvalue weighted by atomic mass is 10.1. The summed E-state index contributed by atoms with van der Waals surface area (Å²) in [7, 11) is 3.96. The van der Waals surface area contributed by atoms with Gasteiger partial charge in [0.2, 0.25) is 11.8 Å². The van der Waals surface area contributed by atoms with Gasteiger partial charge < -0.3 is 10.2 Å². The average molecular weight is 404 g/mol. The molecule has 2 atom stereocenters. The molecule has 0 unspecified atom stereocenters. The monoisotopic (exact) mass is 403 g/mol. The van der Waals surface area contributed by atoms with Crippen LogP contribution in [0.25, 0.3) is 0 Å². The number of anilines is 3. The van der Waals surface area contributed by atoms with Crippen molar-refractivity contribution in [2.24, 2.45) is 0 Å². The Morgan fingerprint density at radius 3 is 2.59 bits per heavy atom. The van der Waals surface area contributed by atoms with E-state index in [0.717, 1.165) is 16.9 Å². The van der Waals surface area contributed by atoms with E-state index in [2.05, 4.69) is 5.32 Å². The van der Waals surface area contributed by atoms with E-state index >= 15 is 0 Å². The lowest BCUT2D eigenvalue weighted by molar-refractivity contribution is -0.116. The second kappa shape index (κ2) is 8.23. The van der Waals surface area contributed by atoms with E-state index in [1.54, 1.807) is 18.7 Å². The minimum absolute atomic E-state index is 0.0754. The minimum atomic E-state index is -0.609. The summed E-state index contributed by atoms with van der Waals surface area (Å²) in [6.45, 7) is 1.63. The molecule has 1 aliphatic rings. The van der Waals surface area contributed by atoms with Crippen LogP contribution in [0.5, 0.6) is 0 Å². The molecule has 5 nitrogen and oxygen atoms in total. The van der Waals surface area contributed by atoms with Gasteiger partial charge in [-0.3, -0.25) is 14.5 Å². The molecular formula is C20H22ClN3O2S. The smallest absolute Gasteiger partial charge is 0.242 e. The van der Waals surface area contributed by atoms with Gasteiger partial charge in [0, 0.05) is 31.2 Å². The van der Waals surface area contributed by atoms with Crippen LogP contribution >= 0.6 is 23.4 Å². The quantitative estimate of drug-likeness (QED) is 0.764. The van der Waals surface area contributed by atoms with E-state index in [4.69, 9.17) is 11.6 Å². The number of nitrogens with zero attached hydrogens (tertiary/aromatic N) is 2. The Labute approximate surface area is 168 Å². The summed E-state index contributed by atoms with van der Waals surface area (Å²) in [5, 5.41) is 2.06. The first-order chi connectivity index (χ1) is 12.9. The first-order valence-electron chi connectivity index (χ1n) is 8.63. The minimum Gasteiger partial charge on any atom is -0.378 e. The molecule has 0 aliphatic carbocycles. The summed E-state index contributed by atoms with van der Waals surface area (Å²) in [5.41, 5.74) is 3.58. The molecule has 1 aliphatic heterocycles. The van der Waals surface area contributed by atoms with Crippen molar-refractivity contribution in [1.82, 2.24) is 0 Å². The van der Waals surface area contributed by atoms with Crippen molar-refractivity contribution in [3.05, 3.63) is 54.1 Å². The normalized spacial score (nSPS) is 17.7. The largest absolute Gasteiger partial charge is 0.378 e. The molecule has 2 amide bonds. The molecule has 7 heteroatoms. The van der Waals surface area contributed by atoms with Crippen LogP contribution in [-0.2, 0) is 9.59 Å². The Bertz CT molecular complexity index is 839. The zero-order chi connectivity index (χ0) is 19.6. The first kappa shape index (κ1) is 19.6. The van der Waals surface area contributed by atoms with Gasteiger partial charge in [0.15, 0.2) is 0 Å². The summed E-state index contributed by atoms with van der Waals surface area (Å²) in [6.07, 6.45) is 0. The Morgan fingerprint density at radius 1 is 1.26 bits per heavy atom. The Morgan fingerprint density at radius 2 is 1.96 bits per heavy atom. The van der Waals surface area contributed by atoms with Crippen molar-refractivity contribution in [3.8, 4) is 0 Å². The predicted octanol–water partition coefficient (Wildman–Crippen LogP) is 4.10. The van der Waals surface area contributed by atoms with Gasteiger partial charge in [-0.05, 0) is 48.9 Å². The zero-order valence-corrected chi connectivity index (χ0v) is 17.1. The van der Waals surface area contributed by atoms with Gasteiger partial charge in [-0.25, -0.2) is 0 Å². The summed E-state index contributed by atoms with van der Waals surface area (Å²) >= 11 is 7.41. The van der Waals surface area contributed by atoms with E-state index in [1.165, 1.54) is 0 Å². The van der Waals surface area contributed by atoms with E-state index in [0.29, 0.717) is 11.4 Å². The number of rotatable bonds is 5. The number of hydrogen-bond acceptors (Lipinski definition) is 4. The zero-order valence-electron chi connectivity index (χ0n) is 15.5. The number of hydrogen-bond donors (Lipinski definition) is 1. The van der Waals surface area contributed by atoms with Gasteiger partial charge in [-0.15, -0.1) is 23.4 Å². The van der Waals surface area contributed by atoms with Gasteiger partial charge in [0.25, 0.3) is 0 Å². The van der Waals surface area contributed by atoms with E-state index in [1.807, 2.05) is 72.4 Å². The summed E-state index contributed by atoms with van der Waals surface area (Å²) in [6, 6.07) is 15.5. The number of halogens is 1. The van der Waals surface area contributed by atoms with E-state index in [9.17, 15) is 9.59 Å². The highest BCUT2D eigenvalue weighted by atomic mass is 35.5. The standard InChI is InChI=1S/C20H22ClN3O2S/c1-13(21)19(26)22-15-6-4-5-14(11-15)20-24(18(25)12-27-20)17-9-7-16(8-10-17)23(2)3/h4-11,13,20H,12H2,1-3H3,(H,22,26)/t13-,20+/m1/s1. The third kappa shape index (κ3) is 4.39. The van der Waals surface area contributed by atoms with Crippen LogP contribution in [0.15, 0.2) is 48.5 Å². The number of thioether (sulfide) groups is 1. The molecule has 0 aromatic heterocycles. The molecule has 3 rings (SSSR count). The molecular weight excluding hydrogens is 382 g/mol. The molecule has 1 heterocycles. The fourth-order valence-electron chi connectivity index (χ4n) is 2.87. The van der Waals surface area contributed by atoms with Crippen LogP contribution in [0.4, 0.5) is 17.1 Å². The van der Waals surface area contributed by atoms with E-state index < -0.39 is 5.38 Å². The molecule has 1 saturated heterocycles. The van der Waals surface area contributed by atoms with Crippen molar-refractivity contribution in [2.75, 3.05) is 35.0 Å². The maximum atomic E-state index is 12.5. The molecule has 0 spiro atoms. The van der Waals surface area contributed by atoms with Gasteiger partial charge in [-0.2, -0.15) is 0 Å². The van der Waals surface area contributed by atoms with Crippen LogP contribution in [0.2, 0.25) is 0 Å². The fourth-order valence-corrected chi connectivity index (χ4v) is 4.09. The molecule has 0 saturated carbocycles. The predicted molar refractivity (Wildman–Crippen MR) is 114 cm³/mol. The maximum Gasteiger partial charge on any atom is 0.242 e. The molecule has 1 N–H and O–H groups in total. The van der Waals surface area contributed by atoms with Crippen LogP contribution in [0.1, 0.15) is 17.9 Å². The van der Waals surface area contributed by atoms with Gasteiger partial charge in [0.05, 0.1) is 5.75 Å². The highest BCUT2D eigenvalue weighted by Gasteiger charge is 2.34. The summed E-state index contributed by atoms with van der Waals surface area (Å²) in [5.74, 6) is 0.251. The van der Waals surface area contributed by atoms with E-state index in [-0.39, 0.29) is 17.2 Å². The summed E-state index contributed by atoms with van der Waals surface area (Å²) in [4.78, 5) is 28.2. The number of carbonyl (C=O) groups excluding carboxylic acids is 2. The van der Waals surface area contributed by atoms with Crippen LogP contribution < -0.4 is 15.1 Å². The molecule has 1 fully saturated rings. The van der Waals surface area contributed by atoms with Gasteiger partial charge in [-0.1, -0.05) is 12.1 Å². The number of alkyl halides is 1. The number of carbonyl (C=O) groups is 2. The van der Waals surface area contributed by atoms with Crippen molar-refractivity contribution >= 4 is 52.2 Å². The van der Waals surface area contributed by atoms with Gasteiger partial charge in [0.1, 0.15) is 10.8 Å². The van der Waals surface area contributed by atoms with Crippen LogP contribution in [0, 0.1) is 0 Å². The Kier molecular flexibility index (Phi) is 5.97. The number of benzene rings is 2. The fraction of sp³-hybridized carbons (Fsp3) is 0.300. The highest BCUT2D eigenvalue weighted by molar-refractivity contribution is 8.00. The third-order valence-electron chi connectivity index (χ3n) is 4.31. The molecule has 0 radical (unpaired) electrons. The Balaban J connectivity index is 1.87. The Hall–Kier alpha value is -2.18. The second-order valence-electron chi connectivity index (χ2n) is 6.57. The van der Waals surface area contributed by atoms with Crippen LogP contribution in [-0.4, -0.2) is 37.0 Å². The second-order valence-corrected chi connectivity index (χ2v) is 8.29. The van der Waals surface area contributed by atoms with Crippen LogP contribution in [0.3, 0.4) is 0 Å². The molecule has 142 valence electrons. The SMILES string of the molecule is C[C@@H](Cl)C(=O)Nc1cccc([C@@H]2SCC(=O)N2c2ccc(N(C)C)cc2)c1. The lowest BCUT2D eigenvalue weighted by Gasteiger charge is -2.25. The third-order valence-corrected chi connectivity index (χ3v) is 5.72. The number of amides is 2. The van der Waals surface area contributed by atoms with Crippen molar-refractivity contribution < 1.29 is 9.59 Å². The molecule has 2 aromatic rings. The van der Waals surface area contributed by atoms with Crippen molar-refractivity contribution in [1.29, 1.82) is 0 Å². The van der Waals surface area contributed by atoms with Crippen molar-refractivity contribution in [3.63, 3.8) is 0 Å². The molecule has 27 heavy (non-hydrogen) atoms. The first-order valence-corrected chi connectivity index (χ1v) is 10.1. The number of nitrogens with one attached hydrogen (secondary N) is 1. The average Bonchev–Trinajstić information content (AvgIpc) is 3.03. The molecule has 0 bridgehead atoms. The van der Waals surface area contributed by atoms with Gasteiger partial charge >= 0.3 is 0 Å². The summed E-state index contributed by atoms with van der Waals surface area (Å²) < 4.78 is 0.